The average Bonchev–Trinajstić information content (AvgIpc) is 3.20. The summed E-state index contributed by atoms with van der Waals surface area (Å²) in [4.78, 5) is 15.5. The highest BCUT2D eigenvalue weighted by molar-refractivity contribution is 5.80. The van der Waals surface area contributed by atoms with Gasteiger partial charge in [0.2, 0.25) is 0 Å². The molecular formula is C31H31NO3. The standard InChI is InChI=1S/C31H31NO3/c1-20-14-15-24(30(16-20)34-2)21-17-22-8-7-9-23(18-21)32(22)31(33)35-19-29-27-12-5-3-10-25(27)26-11-4-6-13-28(26)29/h3-6,10-17,22-23,29H,7-9,18-19H2,1-2H3. The normalized spacial score (nSPS) is 20.6. The molecule has 4 heteroatoms. The quantitative estimate of drug-likeness (QED) is 0.418. The monoisotopic (exact) mass is 465 g/mol. The van der Waals surface area contributed by atoms with E-state index in [1.807, 2.05) is 4.90 Å². The molecule has 2 heterocycles. The molecule has 2 aliphatic heterocycles. The first kappa shape index (κ1) is 22.0. The number of aryl methyl sites for hydroxylation is 1. The predicted octanol–water partition coefficient (Wildman–Crippen LogP) is 6.96. The van der Waals surface area contributed by atoms with E-state index in [9.17, 15) is 4.79 Å². The van der Waals surface area contributed by atoms with Gasteiger partial charge in [0, 0.05) is 17.5 Å². The zero-order chi connectivity index (χ0) is 23.9. The molecule has 2 unspecified atom stereocenters. The summed E-state index contributed by atoms with van der Waals surface area (Å²) in [6.07, 6.45) is 6.03. The minimum Gasteiger partial charge on any atom is -0.496 e. The van der Waals surface area contributed by atoms with E-state index in [0.29, 0.717) is 6.61 Å². The Bertz CT molecular complexity index is 1260. The molecule has 2 atom stereocenters. The predicted molar refractivity (Wildman–Crippen MR) is 139 cm³/mol. The summed E-state index contributed by atoms with van der Waals surface area (Å²) in [6, 6.07) is 23.5. The van der Waals surface area contributed by atoms with Crippen molar-refractivity contribution in [2.75, 3.05) is 13.7 Å². The number of fused-ring (bicyclic) bond motifs is 5. The summed E-state index contributed by atoms with van der Waals surface area (Å²) >= 11 is 0. The number of carbonyl (C=O) groups is 1. The second kappa shape index (κ2) is 8.92. The van der Waals surface area contributed by atoms with Gasteiger partial charge in [-0.2, -0.15) is 0 Å². The van der Waals surface area contributed by atoms with E-state index < -0.39 is 0 Å². The number of nitrogens with zero attached hydrogens (tertiary/aromatic N) is 1. The molecule has 1 aliphatic carbocycles. The van der Waals surface area contributed by atoms with Gasteiger partial charge >= 0.3 is 6.09 Å². The molecule has 0 radical (unpaired) electrons. The lowest BCUT2D eigenvalue weighted by Crippen LogP contribution is -2.51. The Morgan fingerprint density at radius 2 is 1.66 bits per heavy atom. The molecule has 0 spiro atoms. The van der Waals surface area contributed by atoms with E-state index >= 15 is 0 Å². The summed E-state index contributed by atoms with van der Waals surface area (Å²) in [7, 11) is 1.73. The van der Waals surface area contributed by atoms with Gasteiger partial charge in [-0.05, 0) is 72.1 Å². The topological polar surface area (TPSA) is 38.8 Å². The van der Waals surface area contributed by atoms with Crippen LogP contribution in [0.5, 0.6) is 5.75 Å². The molecule has 3 aromatic rings. The number of rotatable bonds is 4. The van der Waals surface area contributed by atoms with E-state index in [2.05, 4.69) is 79.7 Å². The van der Waals surface area contributed by atoms with E-state index in [1.165, 1.54) is 33.4 Å². The van der Waals surface area contributed by atoms with Crippen molar-refractivity contribution in [2.24, 2.45) is 0 Å². The molecule has 0 N–H and O–H groups in total. The smallest absolute Gasteiger partial charge is 0.410 e. The molecule has 1 amide bonds. The van der Waals surface area contributed by atoms with Crippen molar-refractivity contribution in [3.05, 3.63) is 95.1 Å². The number of hydrogen-bond acceptors (Lipinski definition) is 3. The van der Waals surface area contributed by atoms with Crippen LogP contribution in [0.1, 0.15) is 53.9 Å². The third-order valence-corrected chi connectivity index (χ3v) is 7.89. The number of methoxy groups -OCH3 is 1. The molecule has 35 heavy (non-hydrogen) atoms. The van der Waals surface area contributed by atoms with Gasteiger partial charge in [-0.1, -0.05) is 66.7 Å². The second-order valence-electron chi connectivity index (χ2n) is 9.96. The minimum atomic E-state index is -0.187. The Morgan fingerprint density at radius 1 is 0.943 bits per heavy atom. The lowest BCUT2D eigenvalue weighted by molar-refractivity contribution is 0.0539. The van der Waals surface area contributed by atoms with Crippen molar-refractivity contribution in [3.63, 3.8) is 0 Å². The van der Waals surface area contributed by atoms with Crippen LogP contribution in [0.4, 0.5) is 4.79 Å². The van der Waals surface area contributed by atoms with Gasteiger partial charge in [-0.3, -0.25) is 4.90 Å². The highest BCUT2D eigenvalue weighted by Crippen LogP contribution is 2.45. The fourth-order valence-corrected chi connectivity index (χ4v) is 6.25. The molecule has 2 bridgehead atoms. The maximum Gasteiger partial charge on any atom is 0.410 e. The van der Waals surface area contributed by atoms with Crippen LogP contribution in [0.3, 0.4) is 0 Å². The van der Waals surface area contributed by atoms with Crippen molar-refractivity contribution in [2.45, 2.75) is 50.6 Å². The highest BCUT2D eigenvalue weighted by atomic mass is 16.6. The number of benzene rings is 3. The molecule has 4 nitrogen and oxygen atoms in total. The zero-order valence-corrected chi connectivity index (χ0v) is 20.4. The SMILES string of the molecule is COc1cc(C)ccc1C1=CC2CCCC(C1)N2C(=O)OCC1c2ccccc2-c2ccccc21. The molecule has 3 aliphatic rings. The summed E-state index contributed by atoms with van der Waals surface area (Å²) < 4.78 is 11.7. The highest BCUT2D eigenvalue weighted by Gasteiger charge is 2.39. The second-order valence-corrected chi connectivity index (χ2v) is 9.96. The van der Waals surface area contributed by atoms with Crippen LogP contribution < -0.4 is 4.74 Å². The Morgan fingerprint density at radius 3 is 2.34 bits per heavy atom. The molecule has 3 aromatic carbocycles. The maximum atomic E-state index is 13.5. The van der Waals surface area contributed by atoms with Gasteiger partial charge in [0.25, 0.3) is 0 Å². The third-order valence-electron chi connectivity index (χ3n) is 7.89. The van der Waals surface area contributed by atoms with Crippen LogP contribution in [0, 0.1) is 6.92 Å². The van der Waals surface area contributed by atoms with Gasteiger partial charge in [0.1, 0.15) is 12.4 Å². The maximum absolute atomic E-state index is 13.5. The first-order valence-corrected chi connectivity index (χ1v) is 12.6. The average molecular weight is 466 g/mol. The lowest BCUT2D eigenvalue weighted by atomic mass is 9.82. The molecule has 178 valence electrons. The van der Waals surface area contributed by atoms with E-state index in [1.54, 1.807) is 7.11 Å². The summed E-state index contributed by atoms with van der Waals surface area (Å²) in [5, 5.41) is 0. The number of amides is 1. The number of carbonyl (C=O) groups excluding carboxylic acids is 1. The van der Waals surface area contributed by atoms with Crippen molar-refractivity contribution in [1.82, 2.24) is 4.90 Å². The number of piperidine rings is 1. The molecule has 0 saturated carbocycles. The van der Waals surface area contributed by atoms with E-state index in [4.69, 9.17) is 9.47 Å². The molecule has 1 saturated heterocycles. The van der Waals surface area contributed by atoms with Crippen molar-refractivity contribution < 1.29 is 14.3 Å². The first-order valence-electron chi connectivity index (χ1n) is 12.6. The lowest BCUT2D eigenvalue weighted by Gasteiger charge is -2.44. The van der Waals surface area contributed by atoms with Gasteiger partial charge in [0.05, 0.1) is 13.2 Å². The van der Waals surface area contributed by atoms with Crippen LogP contribution in [-0.4, -0.2) is 36.8 Å². The number of ether oxygens (including phenoxy) is 2. The Balaban J connectivity index is 1.23. The largest absolute Gasteiger partial charge is 0.496 e. The Hall–Kier alpha value is -3.53. The van der Waals surface area contributed by atoms with Crippen molar-refractivity contribution >= 4 is 11.7 Å². The van der Waals surface area contributed by atoms with Gasteiger partial charge in [-0.25, -0.2) is 4.79 Å². The van der Waals surface area contributed by atoms with Gasteiger partial charge in [0.15, 0.2) is 0 Å². The zero-order valence-electron chi connectivity index (χ0n) is 20.4. The van der Waals surface area contributed by atoms with Gasteiger partial charge in [-0.15, -0.1) is 0 Å². The van der Waals surface area contributed by atoms with Crippen LogP contribution in [0.2, 0.25) is 0 Å². The Kier molecular flexibility index (Phi) is 5.60. The molecule has 6 rings (SSSR count). The molecule has 0 aromatic heterocycles. The first-order chi connectivity index (χ1) is 17.1. The molecule has 1 fully saturated rings. The van der Waals surface area contributed by atoms with Crippen molar-refractivity contribution in [3.8, 4) is 16.9 Å². The third kappa shape index (κ3) is 3.81. The minimum absolute atomic E-state index is 0.0687. The van der Waals surface area contributed by atoms with E-state index in [0.717, 1.165) is 37.0 Å². The fraction of sp³-hybridized carbons (Fsp3) is 0.323. The van der Waals surface area contributed by atoms with Crippen LogP contribution in [0.25, 0.3) is 16.7 Å². The summed E-state index contributed by atoms with van der Waals surface area (Å²) in [6.45, 7) is 2.44. The summed E-state index contributed by atoms with van der Waals surface area (Å²) in [5.41, 5.74) is 8.59. The van der Waals surface area contributed by atoms with E-state index in [-0.39, 0.29) is 24.1 Å². The van der Waals surface area contributed by atoms with Gasteiger partial charge < -0.3 is 9.47 Å². The summed E-state index contributed by atoms with van der Waals surface area (Å²) in [5.74, 6) is 0.989. The van der Waals surface area contributed by atoms with Crippen LogP contribution in [-0.2, 0) is 4.74 Å². The van der Waals surface area contributed by atoms with Crippen LogP contribution in [0.15, 0.2) is 72.8 Å². The fourth-order valence-electron chi connectivity index (χ4n) is 6.25. The van der Waals surface area contributed by atoms with Crippen LogP contribution >= 0.6 is 0 Å². The Labute approximate surface area is 207 Å². The molecular weight excluding hydrogens is 434 g/mol. The number of hydrogen-bond donors (Lipinski definition) is 0. The van der Waals surface area contributed by atoms with Crippen molar-refractivity contribution in [1.29, 1.82) is 0 Å².